The Kier molecular flexibility index (Phi) is 8.54. The molecule has 6 nitrogen and oxygen atoms in total. The average molecular weight is 439 g/mol. The van der Waals surface area contributed by atoms with Crippen LogP contribution in [0.1, 0.15) is 49.8 Å². The third kappa shape index (κ3) is 6.25. The van der Waals surface area contributed by atoms with Crippen molar-refractivity contribution < 1.29 is 19.1 Å². The molecular weight excluding hydrogens is 404 g/mol. The van der Waals surface area contributed by atoms with E-state index in [1.54, 1.807) is 4.90 Å². The van der Waals surface area contributed by atoms with Crippen LogP contribution in [0.15, 0.2) is 42.5 Å². The molecule has 0 fully saturated rings. The molecule has 1 aliphatic rings. The van der Waals surface area contributed by atoms with Gasteiger partial charge in [-0.2, -0.15) is 0 Å². The number of ether oxygens (including phenoxy) is 2. The van der Waals surface area contributed by atoms with E-state index in [9.17, 15) is 9.59 Å². The van der Waals surface area contributed by atoms with Gasteiger partial charge in [0, 0.05) is 19.5 Å². The molecule has 0 spiro atoms. The zero-order valence-corrected chi connectivity index (χ0v) is 19.4. The molecule has 0 radical (unpaired) electrons. The number of amides is 2. The molecule has 2 aromatic carbocycles. The number of benzene rings is 2. The number of aryl methyl sites for hydroxylation is 2. The summed E-state index contributed by atoms with van der Waals surface area (Å²) in [6, 6.07) is 13.2. The first-order valence-electron chi connectivity index (χ1n) is 11.5. The van der Waals surface area contributed by atoms with Crippen LogP contribution in [-0.2, 0) is 22.6 Å². The number of hydrogen-bond acceptors (Lipinski definition) is 4. The lowest BCUT2D eigenvalue weighted by Crippen LogP contribution is -2.48. The van der Waals surface area contributed by atoms with E-state index in [1.807, 2.05) is 56.3 Å². The number of rotatable bonds is 10. The normalized spacial score (nSPS) is 13.3. The number of unbranched alkanes of at least 4 members (excludes halogenated alkanes) is 1. The largest absolute Gasteiger partial charge is 0.486 e. The van der Waals surface area contributed by atoms with Crippen LogP contribution in [-0.4, -0.2) is 42.5 Å². The van der Waals surface area contributed by atoms with Gasteiger partial charge in [0.1, 0.15) is 19.3 Å². The van der Waals surface area contributed by atoms with E-state index in [4.69, 9.17) is 9.47 Å². The number of hydrogen-bond donors (Lipinski definition) is 1. The van der Waals surface area contributed by atoms with E-state index in [0.717, 1.165) is 41.0 Å². The van der Waals surface area contributed by atoms with Gasteiger partial charge in [-0.15, -0.1) is 0 Å². The van der Waals surface area contributed by atoms with E-state index in [2.05, 4.69) is 12.2 Å². The molecule has 1 heterocycles. The van der Waals surface area contributed by atoms with Gasteiger partial charge in [0.05, 0.1) is 0 Å². The molecular formula is C26H34N2O4. The molecule has 3 rings (SSSR count). The molecule has 1 atom stereocenters. The van der Waals surface area contributed by atoms with Gasteiger partial charge < -0.3 is 19.7 Å². The molecule has 2 amide bonds. The van der Waals surface area contributed by atoms with Crippen LogP contribution in [0.4, 0.5) is 0 Å². The van der Waals surface area contributed by atoms with Crippen molar-refractivity contribution in [3.8, 4) is 11.5 Å². The minimum Gasteiger partial charge on any atom is -0.486 e. The minimum atomic E-state index is -0.542. The Labute approximate surface area is 190 Å². The predicted molar refractivity (Wildman–Crippen MR) is 125 cm³/mol. The number of nitrogens with zero attached hydrogens (tertiary/aromatic N) is 1. The van der Waals surface area contributed by atoms with Crippen LogP contribution in [0.2, 0.25) is 0 Å². The van der Waals surface area contributed by atoms with Gasteiger partial charge in [-0.3, -0.25) is 9.59 Å². The summed E-state index contributed by atoms with van der Waals surface area (Å²) in [5.74, 6) is 1.31. The Morgan fingerprint density at radius 2 is 1.84 bits per heavy atom. The third-order valence-electron chi connectivity index (χ3n) is 5.83. The Morgan fingerprint density at radius 3 is 2.59 bits per heavy atom. The summed E-state index contributed by atoms with van der Waals surface area (Å²) >= 11 is 0. The molecule has 1 N–H and O–H groups in total. The van der Waals surface area contributed by atoms with E-state index in [-0.39, 0.29) is 11.8 Å². The van der Waals surface area contributed by atoms with Crippen LogP contribution in [0, 0.1) is 6.92 Å². The van der Waals surface area contributed by atoms with E-state index < -0.39 is 6.04 Å². The number of carbonyl (C=O) groups is 2. The molecule has 6 heteroatoms. The molecule has 1 aliphatic heterocycles. The van der Waals surface area contributed by atoms with Crippen molar-refractivity contribution in [1.82, 2.24) is 10.2 Å². The molecule has 32 heavy (non-hydrogen) atoms. The molecule has 172 valence electrons. The fourth-order valence-electron chi connectivity index (χ4n) is 3.73. The van der Waals surface area contributed by atoms with Gasteiger partial charge in [-0.25, -0.2) is 0 Å². The summed E-state index contributed by atoms with van der Waals surface area (Å²) < 4.78 is 11.2. The first-order chi connectivity index (χ1) is 15.5. The first kappa shape index (κ1) is 23.6. The lowest BCUT2D eigenvalue weighted by molar-refractivity contribution is -0.140. The van der Waals surface area contributed by atoms with Crippen molar-refractivity contribution in [2.24, 2.45) is 0 Å². The fourth-order valence-corrected chi connectivity index (χ4v) is 3.73. The number of fused-ring (bicyclic) bond motifs is 1. The van der Waals surface area contributed by atoms with Crippen LogP contribution >= 0.6 is 0 Å². The standard InChI is InChI=1S/C26H34N2O4/c1-4-5-14-27-26(30)20(3)28(18-22-9-7-6-8-19(22)2)25(29)13-11-21-10-12-23-24(17-21)32-16-15-31-23/h6-10,12,17,20H,4-5,11,13-16,18H2,1-3H3,(H,27,30)/t20-/m0/s1. The maximum absolute atomic E-state index is 13.3. The topological polar surface area (TPSA) is 67.9 Å². The van der Waals surface area contributed by atoms with Crippen molar-refractivity contribution >= 4 is 11.8 Å². The average Bonchev–Trinajstić information content (AvgIpc) is 2.81. The van der Waals surface area contributed by atoms with Crippen molar-refractivity contribution in [2.45, 2.75) is 59.0 Å². The zero-order chi connectivity index (χ0) is 22.9. The quantitative estimate of drug-likeness (QED) is 0.569. The second-order valence-corrected chi connectivity index (χ2v) is 8.25. The Morgan fingerprint density at radius 1 is 1.09 bits per heavy atom. The highest BCUT2D eigenvalue weighted by Crippen LogP contribution is 2.31. The van der Waals surface area contributed by atoms with Crippen molar-refractivity contribution in [3.05, 3.63) is 59.2 Å². The van der Waals surface area contributed by atoms with Crippen molar-refractivity contribution in [3.63, 3.8) is 0 Å². The Hall–Kier alpha value is -3.02. The maximum atomic E-state index is 13.3. The highest BCUT2D eigenvalue weighted by Gasteiger charge is 2.26. The maximum Gasteiger partial charge on any atom is 0.242 e. The molecule has 0 saturated heterocycles. The summed E-state index contributed by atoms with van der Waals surface area (Å²) in [6.07, 6.45) is 2.83. The van der Waals surface area contributed by atoms with Gasteiger partial charge in [0.25, 0.3) is 0 Å². The highest BCUT2D eigenvalue weighted by molar-refractivity contribution is 5.87. The summed E-state index contributed by atoms with van der Waals surface area (Å²) in [6.45, 7) is 8.04. The Balaban J connectivity index is 1.70. The van der Waals surface area contributed by atoms with E-state index >= 15 is 0 Å². The predicted octanol–water partition coefficient (Wildman–Crippen LogP) is 4.03. The summed E-state index contributed by atoms with van der Waals surface area (Å²) in [5.41, 5.74) is 3.17. The van der Waals surface area contributed by atoms with Gasteiger partial charge in [0.2, 0.25) is 11.8 Å². The number of carbonyl (C=O) groups excluding carboxylic acids is 2. The molecule has 0 saturated carbocycles. The van der Waals surface area contributed by atoms with Crippen LogP contribution < -0.4 is 14.8 Å². The van der Waals surface area contributed by atoms with Gasteiger partial charge in [-0.1, -0.05) is 43.7 Å². The summed E-state index contributed by atoms with van der Waals surface area (Å²) in [4.78, 5) is 27.7. The summed E-state index contributed by atoms with van der Waals surface area (Å²) in [5, 5.41) is 2.96. The second-order valence-electron chi connectivity index (χ2n) is 8.25. The Bertz CT molecular complexity index is 928. The van der Waals surface area contributed by atoms with Crippen molar-refractivity contribution in [2.75, 3.05) is 19.8 Å². The van der Waals surface area contributed by atoms with Gasteiger partial charge in [0.15, 0.2) is 11.5 Å². The zero-order valence-electron chi connectivity index (χ0n) is 19.4. The van der Waals surface area contributed by atoms with Gasteiger partial charge in [-0.05, 0) is 55.5 Å². The smallest absolute Gasteiger partial charge is 0.242 e. The minimum absolute atomic E-state index is 0.0405. The highest BCUT2D eigenvalue weighted by atomic mass is 16.6. The number of nitrogens with one attached hydrogen (secondary N) is 1. The van der Waals surface area contributed by atoms with Crippen LogP contribution in [0.25, 0.3) is 0 Å². The fraction of sp³-hybridized carbons (Fsp3) is 0.462. The second kappa shape index (κ2) is 11.6. The first-order valence-corrected chi connectivity index (χ1v) is 11.5. The third-order valence-corrected chi connectivity index (χ3v) is 5.83. The SMILES string of the molecule is CCCCNC(=O)[C@H](C)N(Cc1ccccc1C)C(=O)CCc1ccc2c(c1)OCCO2. The van der Waals surface area contributed by atoms with Crippen LogP contribution in [0.5, 0.6) is 11.5 Å². The van der Waals surface area contributed by atoms with Gasteiger partial charge >= 0.3 is 0 Å². The summed E-state index contributed by atoms with van der Waals surface area (Å²) in [7, 11) is 0. The molecule has 0 aliphatic carbocycles. The van der Waals surface area contributed by atoms with Crippen LogP contribution in [0.3, 0.4) is 0 Å². The molecule has 2 aromatic rings. The lowest BCUT2D eigenvalue weighted by Gasteiger charge is -2.29. The van der Waals surface area contributed by atoms with Crippen molar-refractivity contribution in [1.29, 1.82) is 0 Å². The molecule has 0 bridgehead atoms. The van der Waals surface area contributed by atoms with E-state index in [1.165, 1.54) is 0 Å². The molecule has 0 aromatic heterocycles. The lowest BCUT2D eigenvalue weighted by atomic mass is 10.0. The molecule has 0 unspecified atom stereocenters. The van der Waals surface area contributed by atoms with E-state index in [0.29, 0.717) is 39.1 Å². The monoisotopic (exact) mass is 438 g/mol.